The summed E-state index contributed by atoms with van der Waals surface area (Å²) in [6.07, 6.45) is 1.96. The number of rotatable bonds is 5. The molecule has 0 aliphatic rings. The number of nitrogens with zero attached hydrogens (tertiary/aromatic N) is 2. The highest BCUT2D eigenvalue weighted by Gasteiger charge is 2.25. The van der Waals surface area contributed by atoms with Crippen LogP contribution in [0.1, 0.15) is 20.8 Å². The highest BCUT2D eigenvalue weighted by Crippen LogP contribution is 2.31. The van der Waals surface area contributed by atoms with E-state index in [4.69, 9.17) is 4.74 Å². The monoisotopic (exact) mass is 418 g/mol. The zero-order valence-electron chi connectivity index (χ0n) is 14.3. The molecule has 9 heteroatoms. The highest BCUT2D eigenvalue weighted by atomic mass is 79.9. The van der Waals surface area contributed by atoms with Crippen molar-refractivity contribution in [1.82, 2.24) is 0 Å². The number of benzene rings is 1. The summed E-state index contributed by atoms with van der Waals surface area (Å²) in [5.74, 6) is -0.563. The van der Waals surface area contributed by atoms with E-state index in [1.807, 2.05) is 0 Å². The zero-order valence-corrected chi connectivity index (χ0v) is 15.9. The molecule has 1 rings (SSSR count). The Labute approximate surface area is 153 Å². The van der Waals surface area contributed by atoms with Gasteiger partial charge in [0.1, 0.15) is 5.60 Å². The van der Waals surface area contributed by atoms with Gasteiger partial charge >= 0.3 is 12.1 Å². The van der Waals surface area contributed by atoms with Crippen LogP contribution in [0.15, 0.2) is 34.8 Å². The Morgan fingerprint density at radius 2 is 2.12 bits per heavy atom. The molecule has 0 saturated carbocycles. The molecule has 0 aliphatic heterocycles. The molecule has 0 heterocycles. The number of halogens is 1. The molecule has 0 unspecified atom stereocenters. The minimum Gasteiger partial charge on any atom is -0.466 e. The summed E-state index contributed by atoms with van der Waals surface area (Å²) in [7, 11) is 1.24. The minimum atomic E-state index is -0.728. The van der Waals surface area contributed by atoms with Crippen molar-refractivity contribution in [2.45, 2.75) is 26.4 Å². The molecule has 0 fully saturated rings. The van der Waals surface area contributed by atoms with E-state index in [9.17, 15) is 19.7 Å². The number of amides is 1. The van der Waals surface area contributed by atoms with Gasteiger partial charge in [0.15, 0.2) is 0 Å². The summed E-state index contributed by atoms with van der Waals surface area (Å²) in [6.45, 7) is 5.18. The van der Waals surface area contributed by atoms with Crippen LogP contribution in [0.5, 0.6) is 0 Å². The van der Waals surface area contributed by atoms with Crippen LogP contribution in [-0.4, -0.2) is 36.2 Å². The summed E-state index contributed by atoms with van der Waals surface area (Å²) >= 11 is 3.23. The molecule has 0 radical (unpaired) electrons. The van der Waals surface area contributed by atoms with Crippen LogP contribution in [0.2, 0.25) is 0 Å². The second-order valence-electron chi connectivity index (χ2n) is 5.91. The molecule has 25 heavy (non-hydrogen) atoms. The van der Waals surface area contributed by atoms with Crippen LogP contribution in [0, 0.1) is 10.1 Å². The average Bonchev–Trinajstić information content (AvgIpc) is 2.49. The number of anilines is 1. The standard InChI is InChI=1S/C16H19BrN2O6/c1-16(2,3)25-15(21)18(9-5-6-14(20)24-4)13-8-7-11(19(22)23)10-12(13)17/h5-8,10H,9H2,1-4H3/b6-5+/i6+2,14+2. The van der Waals surface area contributed by atoms with Gasteiger partial charge in [-0.2, -0.15) is 0 Å². The number of carbonyl (C=O) groups excluding carboxylic acids is 2. The predicted octanol–water partition coefficient (Wildman–Crippen LogP) is 3.83. The topological polar surface area (TPSA) is 99.0 Å². The number of ether oxygens (including phenoxy) is 2. The first-order chi connectivity index (χ1) is 11.5. The fourth-order valence-electron chi connectivity index (χ4n) is 1.74. The van der Waals surface area contributed by atoms with Crippen molar-refractivity contribution < 1.29 is 24.0 Å². The van der Waals surface area contributed by atoms with E-state index in [-0.39, 0.29) is 12.2 Å². The average molecular weight is 419 g/mol. The van der Waals surface area contributed by atoms with Gasteiger partial charge in [0.05, 0.1) is 17.7 Å². The first-order valence-electron chi connectivity index (χ1n) is 7.24. The van der Waals surface area contributed by atoms with Crippen molar-refractivity contribution in [2.75, 3.05) is 18.6 Å². The molecule has 8 nitrogen and oxygen atoms in total. The van der Waals surface area contributed by atoms with Crippen molar-refractivity contribution in [2.24, 2.45) is 0 Å². The van der Waals surface area contributed by atoms with Crippen LogP contribution >= 0.6 is 15.9 Å². The number of esters is 1. The van der Waals surface area contributed by atoms with Gasteiger partial charge in [-0.15, -0.1) is 0 Å². The fourth-order valence-corrected chi connectivity index (χ4v) is 2.32. The van der Waals surface area contributed by atoms with Crippen molar-refractivity contribution in [3.63, 3.8) is 0 Å². The molecule has 0 spiro atoms. The van der Waals surface area contributed by atoms with Gasteiger partial charge in [-0.05, 0) is 42.8 Å². The van der Waals surface area contributed by atoms with E-state index >= 15 is 0 Å². The molecule has 1 aromatic carbocycles. The Balaban J connectivity index is 3.17. The molecule has 0 aliphatic carbocycles. The molecular formula is C16H19BrN2O6. The molecule has 0 aromatic heterocycles. The van der Waals surface area contributed by atoms with Crippen molar-refractivity contribution in [1.29, 1.82) is 0 Å². The number of carbonyl (C=O) groups is 2. The molecule has 1 aromatic rings. The SMILES string of the molecule is CO[14C](=O)/[14CH]=C/CN(C(=O)OC(C)(C)C)c1ccc([N+](=O)[O-])cc1Br. The number of hydrogen-bond acceptors (Lipinski definition) is 6. The van der Waals surface area contributed by atoms with Crippen molar-refractivity contribution in [3.05, 3.63) is 44.9 Å². The Hall–Kier alpha value is -2.42. The third-order valence-corrected chi connectivity index (χ3v) is 3.43. The van der Waals surface area contributed by atoms with E-state index in [0.29, 0.717) is 10.2 Å². The van der Waals surface area contributed by atoms with Crippen molar-refractivity contribution in [3.8, 4) is 0 Å². The third kappa shape index (κ3) is 6.54. The van der Waals surface area contributed by atoms with E-state index in [2.05, 4.69) is 20.7 Å². The van der Waals surface area contributed by atoms with Gasteiger partial charge in [0.25, 0.3) is 5.69 Å². The van der Waals surface area contributed by atoms with E-state index in [0.717, 1.165) is 0 Å². The quantitative estimate of drug-likeness (QED) is 0.311. The molecular weight excluding hydrogens is 400 g/mol. The molecule has 1 amide bonds. The Bertz CT molecular complexity index is 696. The van der Waals surface area contributed by atoms with Gasteiger partial charge < -0.3 is 9.47 Å². The molecule has 0 bridgehead atoms. The largest absolute Gasteiger partial charge is 0.466 e. The second-order valence-corrected chi connectivity index (χ2v) is 6.76. The van der Waals surface area contributed by atoms with Gasteiger partial charge in [-0.3, -0.25) is 15.0 Å². The summed E-state index contributed by atoms with van der Waals surface area (Å²) in [6, 6.07) is 4.00. The second kappa shape index (κ2) is 8.61. The highest BCUT2D eigenvalue weighted by molar-refractivity contribution is 9.10. The minimum absolute atomic E-state index is 0.0143. The van der Waals surface area contributed by atoms with Crippen LogP contribution < -0.4 is 4.90 Å². The fraction of sp³-hybridized carbons (Fsp3) is 0.375. The Kier molecular flexibility index (Phi) is 7.10. The third-order valence-electron chi connectivity index (χ3n) is 2.79. The van der Waals surface area contributed by atoms with Crippen LogP contribution in [-0.2, 0) is 14.3 Å². The van der Waals surface area contributed by atoms with E-state index < -0.39 is 22.6 Å². The van der Waals surface area contributed by atoms with Crippen LogP contribution in [0.3, 0.4) is 0 Å². The Morgan fingerprint density at radius 1 is 1.48 bits per heavy atom. The Morgan fingerprint density at radius 3 is 2.60 bits per heavy atom. The zero-order chi connectivity index (χ0) is 19.2. The summed E-state index contributed by atoms with van der Waals surface area (Å²) in [4.78, 5) is 35.2. The molecule has 136 valence electrons. The first kappa shape index (κ1) is 20.6. The number of nitro benzene ring substituents is 1. The normalized spacial score (nSPS) is 11.2. The summed E-state index contributed by atoms with van der Waals surface area (Å²) < 4.78 is 10.2. The van der Waals surface area contributed by atoms with Crippen LogP contribution in [0.25, 0.3) is 0 Å². The lowest BCUT2D eigenvalue weighted by atomic mass is 10.2. The van der Waals surface area contributed by atoms with Gasteiger partial charge in [0, 0.05) is 29.2 Å². The van der Waals surface area contributed by atoms with Gasteiger partial charge in [0.2, 0.25) is 0 Å². The lowest BCUT2D eigenvalue weighted by molar-refractivity contribution is -0.384. The van der Waals surface area contributed by atoms with Gasteiger partial charge in [-0.25, -0.2) is 9.59 Å². The lowest BCUT2D eigenvalue weighted by Gasteiger charge is -2.27. The summed E-state index contributed by atoms with van der Waals surface area (Å²) in [5, 5.41) is 10.9. The van der Waals surface area contributed by atoms with E-state index in [1.54, 1.807) is 20.8 Å². The number of hydrogen-bond donors (Lipinski definition) is 0. The molecule has 0 atom stereocenters. The first-order valence-corrected chi connectivity index (χ1v) is 8.03. The van der Waals surface area contributed by atoms with E-state index in [1.165, 1.54) is 42.4 Å². The summed E-state index contributed by atoms with van der Waals surface area (Å²) in [5.41, 5.74) is -0.478. The predicted molar refractivity (Wildman–Crippen MR) is 95.5 cm³/mol. The number of non-ortho nitro benzene ring substituents is 1. The van der Waals surface area contributed by atoms with Gasteiger partial charge in [-0.1, -0.05) is 6.08 Å². The van der Waals surface area contributed by atoms with Crippen LogP contribution in [0.4, 0.5) is 16.2 Å². The maximum absolute atomic E-state index is 12.5. The maximum atomic E-state index is 12.5. The lowest BCUT2D eigenvalue weighted by Crippen LogP contribution is -2.37. The maximum Gasteiger partial charge on any atom is 0.415 e. The number of methoxy groups -OCH3 is 1. The smallest absolute Gasteiger partial charge is 0.415 e. The molecule has 0 N–H and O–H groups in total. The number of nitro groups is 1. The van der Waals surface area contributed by atoms with Crippen molar-refractivity contribution >= 4 is 39.4 Å². The molecule has 0 saturated heterocycles.